The number of carbonyl (C=O) groups is 2. The molecule has 0 spiro atoms. The van der Waals surface area contributed by atoms with Crippen LogP contribution in [0.1, 0.15) is 40.9 Å². The van der Waals surface area contributed by atoms with Crippen LogP contribution in [0.25, 0.3) is 11.5 Å². The van der Waals surface area contributed by atoms with Crippen molar-refractivity contribution in [1.29, 1.82) is 0 Å². The van der Waals surface area contributed by atoms with E-state index in [1.807, 2.05) is 97.1 Å². The molecule has 0 saturated carbocycles. The smallest absolute Gasteiger partial charge is 0.407 e. The highest BCUT2D eigenvalue weighted by Gasteiger charge is 2.35. The molecule has 2 amide bonds. The number of aryl methyl sites for hydroxylation is 1. The van der Waals surface area contributed by atoms with Crippen molar-refractivity contribution >= 4 is 29.4 Å². The fraction of sp³-hybridized carbons (Fsp3) is 0.250. The summed E-state index contributed by atoms with van der Waals surface area (Å²) in [6, 6.07) is 29.5. The Kier molecular flexibility index (Phi) is 12.0. The Balaban J connectivity index is 1.04. The number of benzene rings is 3. The fourth-order valence-corrected chi connectivity index (χ4v) is 7.41. The third kappa shape index (κ3) is 9.02. The van der Waals surface area contributed by atoms with Crippen molar-refractivity contribution in [2.24, 2.45) is 0 Å². The van der Waals surface area contributed by atoms with Crippen LogP contribution in [0, 0.1) is 0 Å². The molecular weight excluding hydrogens is 705 g/mol. The highest BCUT2D eigenvalue weighted by Crippen LogP contribution is 2.32. The van der Waals surface area contributed by atoms with Crippen molar-refractivity contribution in [3.8, 4) is 11.5 Å². The first kappa shape index (κ1) is 36.5. The molecule has 13 nitrogen and oxygen atoms in total. The summed E-state index contributed by atoms with van der Waals surface area (Å²) in [5, 5.41) is 18.4. The Morgan fingerprint density at radius 3 is 2.35 bits per heavy atom. The van der Waals surface area contributed by atoms with Crippen LogP contribution < -0.4 is 16.0 Å². The van der Waals surface area contributed by atoms with E-state index in [-0.39, 0.29) is 24.2 Å². The van der Waals surface area contributed by atoms with Gasteiger partial charge in [0.05, 0.1) is 25.4 Å². The van der Waals surface area contributed by atoms with Crippen LogP contribution in [-0.2, 0) is 20.7 Å². The number of para-hydroxylation sites is 1. The van der Waals surface area contributed by atoms with E-state index < -0.39 is 18.1 Å². The number of amides is 2. The van der Waals surface area contributed by atoms with Gasteiger partial charge in [-0.3, -0.25) is 9.78 Å². The lowest BCUT2D eigenvalue weighted by molar-refractivity contribution is -0.118. The second-order valence-electron chi connectivity index (χ2n) is 12.7. The second kappa shape index (κ2) is 17.8. The molecule has 0 bridgehead atoms. The van der Waals surface area contributed by atoms with E-state index in [4.69, 9.17) is 13.9 Å². The van der Waals surface area contributed by atoms with Crippen LogP contribution >= 0.6 is 11.8 Å². The molecule has 1 aliphatic heterocycles. The van der Waals surface area contributed by atoms with Crippen LogP contribution in [0.4, 0.5) is 10.5 Å². The van der Waals surface area contributed by atoms with Gasteiger partial charge in [0.2, 0.25) is 11.8 Å². The molecule has 4 atom stereocenters. The predicted octanol–water partition coefficient (Wildman–Crippen LogP) is 6.17. The van der Waals surface area contributed by atoms with Gasteiger partial charge < -0.3 is 34.8 Å². The van der Waals surface area contributed by atoms with E-state index in [0.717, 1.165) is 28.1 Å². The van der Waals surface area contributed by atoms with Crippen LogP contribution in [0.2, 0.25) is 0 Å². The molecule has 0 aliphatic carbocycles. The number of carbonyl (C=O) groups excluding carboxylic acids is 2. The van der Waals surface area contributed by atoms with Gasteiger partial charge in [0.15, 0.2) is 0 Å². The van der Waals surface area contributed by atoms with Gasteiger partial charge in [0.1, 0.15) is 11.9 Å². The predicted molar refractivity (Wildman–Crippen MR) is 204 cm³/mol. The summed E-state index contributed by atoms with van der Waals surface area (Å²) in [6.07, 6.45) is 7.11. The van der Waals surface area contributed by atoms with Crippen molar-refractivity contribution < 1.29 is 23.5 Å². The van der Waals surface area contributed by atoms with Crippen LogP contribution in [0.15, 0.2) is 131 Å². The third-order valence-corrected chi connectivity index (χ3v) is 10.1. The zero-order valence-electron chi connectivity index (χ0n) is 29.5. The van der Waals surface area contributed by atoms with Gasteiger partial charge in [-0.05, 0) is 47.7 Å². The van der Waals surface area contributed by atoms with Crippen LogP contribution in [-0.4, -0.2) is 74.8 Å². The lowest BCUT2D eigenvalue weighted by Gasteiger charge is -2.36. The lowest BCUT2D eigenvalue weighted by atomic mass is 9.84. The van der Waals surface area contributed by atoms with Crippen molar-refractivity contribution in [3.63, 3.8) is 0 Å². The number of anilines is 1. The molecule has 6 aromatic rings. The molecular formula is C40H40N8O5S. The maximum absolute atomic E-state index is 14.2. The number of imidazole rings is 1. The number of aromatic nitrogens is 5. The first-order chi connectivity index (χ1) is 26.6. The standard InChI is InChI=1S/C40H40N8O5S/c1-51-39(50)46-35(33(27-11-4-2-5-12-27)28-13-6-3-7-14-28)37(49)45-31-15-9-8-10-26(31)16-17-30-24-44-34(36-42-22-23-43-36)32(52-30)25-54-40-48-47-38(53-40)29-18-20-41-21-19-29/h2-15,18-23,30,32-35,44H,16-17,24-25H2,1H3,(H,42,43)(H,45,49)(H,46,50)/t30-,32-,34+,35?/m1/s1. The maximum atomic E-state index is 14.2. The van der Waals surface area contributed by atoms with Crippen LogP contribution in [0.3, 0.4) is 0 Å². The number of methoxy groups -OCH3 is 1. The lowest BCUT2D eigenvalue weighted by Crippen LogP contribution is -2.48. The van der Waals surface area contributed by atoms with Gasteiger partial charge in [0, 0.05) is 54.3 Å². The number of alkyl carbamates (subject to hydrolysis) is 1. The number of hydrogen-bond acceptors (Lipinski definition) is 11. The Morgan fingerprint density at radius 1 is 0.926 bits per heavy atom. The summed E-state index contributed by atoms with van der Waals surface area (Å²) in [5.41, 5.74) is 4.15. The Hall–Kier alpha value is -5.83. The van der Waals surface area contributed by atoms with Gasteiger partial charge >= 0.3 is 6.09 Å². The number of morpholine rings is 1. The summed E-state index contributed by atoms with van der Waals surface area (Å²) in [4.78, 5) is 38.6. The van der Waals surface area contributed by atoms with Gasteiger partial charge in [-0.15, -0.1) is 10.2 Å². The summed E-state index contributed by atoms with van der Waals surface area (Å²) in [5.74, 6) is 0.906. The minimum atomic E-state index is -0.974. The van der Waals surface area contributed by atoms with Gasteiger partial charge in [-0.1, -0.05) is 90.6 Å². The molecule has 14 heteroatoms. The largest absolute Gasteiger partial charge is 0.453 e. The number of thioether (sulfide) groups is 1. The van der Waals surface area contributed by atoms with Crippen molar-refractivity contribution in [2.75, 3.05) is 24.7 Å². The fourth-order valence-electron chi connectivity index (χ4n) is 6.59. The molecule has 0 radical (unpaired) electrons. The Labute approximate surface area is 316 Å². The zero-order valence-corrected chi connectivity index (χ0v) is 30.3. The van der Waals surface area contributed by atoms with Gasteiger partial charge in [0.25, 0.3) is 5.22 Å². The molecule has 1 fully saturated rings. The number of hydrogen-bond donors (Lipinski definition) is 4. The van der Waals surface area contributed by atoms with Crippen molar-refractivity contribution in [2.45, 2.75) is 48.3 Å². The van der Waals surface area contributed by atoms with E-state index in [9.17, 15) is 9.59 Å². The molecule has 3 aromatic heterocycles. The van der Waals surface area contributed by atoms with Crippen molar-refractivity contribution in [3.05, 3.63) is 144 Å². The van der Waals surface area contributed by atoms with Gasteiger partial charge in [-0.2, -0.15) is 0 Å². The SMILES string of the molecule is COC(=O)NC(C(=O)Nc1ccccc1CC[C@@H]1CN[C@H](c2ncc[nH]2)[C@@H](CSc2nnc(-c3ccncc3)o2)O1)C(c1ccccc1)c1ccccc1. The molecule has 1 unspecified atom stereocenters. The van der Waals surface area contributed by atoms with E-state index in [1.165, 1.54) is 18.9 Å². The molecule has 3 aromatic carbocycles. The summed E-state index contributed by atoms with van der Waals surface area (Å²) < 4.78 is 17.6. The first-order valence-corrected chi connectivity index (χ1v) is 18.6. The number of pyridine rings is 1. The monoisotopic (exact) mass is 744 g/mol. The number of rotatable bonds is 14. The quantitative estimate of drug-likeness (QED) is 0.0941. The van der Waals surface area contributed by atoms with Gasteiger partial charge in [-0.25, -0.2) is 9.78 Å². The number of nitrogens with one attached hydrogen (secondary N) is 4. The number of nitrogens with zero attached hydrogens (tertiary/aromatic N) is 4. The van der Waals surface area contributed by atoms with E-state index in [2.05, 4.69) is 41.1 Å². The average Bonchev–Trinajstić information content (AvgIpc) is 3.94. The molecule has 4 N–H and O–H groups in total. The zero-order chi connectivity index (χ0) is 37.1. The van der Waals surface area contributed by atoms with Crippen LogP contribution in [0.5, 0.6) is 0 Å². The molecule has 1 aliphatic rings. The van der Waals surface area contributed by atoms with E-state index in [1.54, 1.807) is 24.8 Å². The molecule has 54 heavy (non-hydrogen) atoms. The minimum absolute atomic E-state index is 0.130. The molecule has 4 heterocycles. The van der Waals surface area contributed by atoms with E-state index in [0.29, 0.717) is 41.9 Å². The van der Waals surface area contributed by atoms with E-state index >= 15 is 0 Å². The molecule has 276 valence electrons. The first-order valence-electron chi connectivity index (χ1n) is 17.6. The Bertz CT molecular complexity index is 2050. The number of aromatic amines is 1. The summed E-state index contributed by atoms with van der Waals surface area (Å²) in [7, 11) is 1.28. The third-order valence-electron chi connectivity index (χ3n) is 9.23. The highest BCUT2D eigenvalue weighted by molar-refractivity contribution is 7.99. The topological polar surface area (TPSA) is 169 Å². The van der Waals surface area contributed by atoms with Crippen molar-refractivity contribution in [1.82, 2.24) is 35.8 Å². The second-order valence-corrected chi connectivity index (χ2v) is 13.6. The number of ether oxygens (including phenoxy) is 2. The highest BCUT2D eigenvalue weighted by atomic mass is 32.2. The Morgan fingerprint density at radius 2 is 1.65 bits per heavy atom. The number of H-pyrrole nitrogens is 1. The summed E-state index contributed by atoms with van der Waals surface area (Å²) >= 11 is 1.43. The minimum Gasteiger partial charge on any atom is -0.453 e. The normalized spacial score (nSPS) is 17.5. The molecule has 1 saturated heterocycles. The maximum Gasteiger partial charge on any atom is 0.407 e. The molecule has 7 rings (SSSR count). The summed E-state index contributed by atoms with van der Waals surface area (Å²) in [6.45, 7) is 0.606. The average molecular weight is 745 g/mol.